The summed E-state index contributed by atoms with van der Waals surface area (Å²) in [5.41, 5.74) is 3.02. The molecule has 6 nitrogen and oxygen atoms in total. The van der Waals surface area contributed by atoms with Gasteiger partial charge in [-0.1, -0.05) is 0 Å². The van der Waals surface area contributed by atoms with Crippen LogP contribution in [0.2, 0.25) is 0 Å². The van der Waals surface area contributed by atoms with E-state index in [-0.39, 0.29) is 5.91 Å². The normalized spacial score (nSPS) is 11.0. The summed E-state index contributed by atoms with van der Waals surface area (Å²) in [5, 5.41) is 0. The van der Waals surface area contributed by atoms with Crippen LogP contribution in [0.25, 0.3) is 33.9 Å². The minimum atomic E-state index is -0.0849. The quantitative estimate of drug-likeness (QED) is 0.569. The molecular formula is C19H15N3O3. The molecule has 0 N–H and O–H groups in total. The highest BCUT2D eigenvalue weighted by Gasteiger charge is 2.18. The fraction of sp³-hybridized carbons (Fsp3) is 0.105. The van der Waals surface area contributed by atoms with E-state index >= 15 is 0 Å². The molecule has 124 valence electrons. The van der Waals surface area contributed by atoms with E-state index in [9.17, 15) is 4.79 Å². The molecule has 0 unspecified atom stereocenters. The summed E-state index contributed by atoms with van der Waals surface area (Å²) in [6.45, 7) is 0. The van der Waals surface area contributed by atoms with E-state index in [1.54, 1.807) is 57.0 Å². The molecule has 0 aliphatic heterocycles. The van der Waals surface area contributed by atoms with E-state index in [2.05, 4.69) is 9.97 Å². The highest BCUT2D eigenvalue weighted by atomic mass is 16.3. The van der Waals surface area contributed by atoms with Crippen molar-refractivity contribution in [1.82, 2.24) is 14.9 Å². The highest BCUT2D eigenvalue weighted by molar-refractivity contribution is 5.97. The van der Waals surface area contributed by atoms with Crippen LogP contribution in [0, 0.1) is 0 Å². The van der Waals surface area contributed by atoms with Crippen molar-refractivity contribution in [3.05, 3.63) is 60.6 Å². The van der Waals surface area contributed by atoms with E-state index < -0.39 is 0 Å². The Morgan fingerprint density at radius 3 is 2.00 bits per heavy atom. The number of fused-ring (bicyclic) bond motifs is 1. The van der Waals surface area contributed by atoms with E-state index in [4.69, 9.17) is 8.83 Å². The molecule has 0 saturated heterocycles. The van der Waals surface area contributed by atoms with Crippen molar-refractivity contribution in [3.63, 3.8) is 0 Å². The van der Waals surface area contributed by atoms with Gasteiger partial charge in [0.25, 0.3) is 5.91 Å². The molecule has 0 spiro atoms. The number of amides is 1. The number of rotatable bonds is 3. The Balaban J connectivity index is 1.95. The predicted octanol–water partition coefficient (Wildman–Crippen LogP) is 3.85. The monoisotopic (exact) mass is 333 g/mol. The molecule has 0 aliphatic rings. The molecule has 6 heteroatoms. The second-order valence-electron chi connectivity index (χ2n) is 5.78. The Morgan fingerprint density at radius 2 is 1.48 bits per heavy atom. The van der Waals surface area contributed by atoms with Crippen LogP contribution in [0.3, 0.4) is 0 Å². The zero-order valence-corrected chi connectivity index (χ0v) is 13.8. The molecule has 4 aromatic rings. The molecule has 3 aromatic heterocycles. The van der Waals surface area contributed by atoms with Gasteiger partial charge in [-0.2, -0.15) is 0 Å². The van der Waals surface area contributed by atoms with Gasteiger partial charge in [-0.05, 0) is 42.5 Å². The summed E-state index contributed by atoms with van der Waals surface area (Å²) in [4.78, 5) is 23.1. The third-order valence-corrected chi connectivity index (χ3v) is 3.83. The predicted molar refractivity (Wildman–Crippen MR) is 93.0 cm³/mol. The maximum Gasteiger partial charge on any atom is 0.253 e. The van der Waals surface area contributed by atoms with E-state index in [0.29, 0.717) is 39.5 Å². The molecule has 0 bridgehead atoms. The molecule has 0 radical (unpaired) electrons. The standard InChI is InChI=1S/C19H15N3O3/c1-22(2)19(23)12-7-8-13-14(11-12)21-18(16-6-4-10-25-16)17(20-13)15-5-3-9-24-15/h3-11H,1-2H3. The Labute approximate surface area is 143 Å². The summed E-state index contributed by atoms with van der Waals surface area (Å²) in [7, 11) is 3.43. The fourth-order valence-corrected chi connectivity index (χ4v) is 2.62. The van der Waals surface area contributed by atoms with Gasteiger partial charge < -0.3 is 13.7 Å². The van der Waals surface area contributed by atoms with Crippen LogP contribution in [0.1, 0.15) is 10.4 Å². The van der Waals surface area contributed by atoms with Crippen molar-refractivity contribution in [1.29, 1.82) is 0 Å². The Hall–Kier alpha value is -3.41. The Bertz CT molecular complexity index is 1040. The highest BCUT2D eigenvalue weighted by Crippen LogP contribution is 2.31. The molecule has 0 atom stereocenters. The zero-order valence-electron chi connectivity index (χ0n) is 13.8. The summed E-state index contributed by atoms with van der Waals surface area (Å²) in [5.74, 6) is 1.11. The van der Waals surface area contributed by atoms with Crippen LogP contribution in [0.15, 0.2) is 63.8 Å². The topological polar surface area (TPSA) is 72.4 Å². The molecule has 0 aliphatic carbocycles. The zero-order chi connectivity index (χ0) is 17.4. The maximum atomic E-state index is 12.2. The van der Waals surface area contributed by atoms with Gasteiger partial charge in [-0.15, -0.1) is 0 Å². The second kappa shape index (κ2) is 5.90. The third-order valence-electron chi connectivity index (χ3n) is 3.83. The van der Waals surface area contributed by atoms with Gasteiger partial charge in [0, 0.05) is 19.7 Å². The number of hydrogen-bond donors (Lipinski definition) is 0. The lowest BCUT2D eigenvalue weighted by Gasteiger charge is -2.11. The van der Waals surface area contributed by atoms with Gasteiger partial charge in [0.15, 0.2) is 11.5 Å². The smallest absolute Gasteiger partial charge is 0.253 e. The van der Waals surface area contributed by atoms with Crippen LogP contribution in [0.5, 0.6) is 0 Å². The second-order valence-corrected chi connectivity index (χ2v) is 5.78. The fourth-order valence-electron chi connectivity index (χ4n) is 2.62. The first-order chi connectivity index (χ1) is 12.1. The maximum absolute atomic E-state index is 12.2. The minimum Gasteiger partial charge on any atom is -0.463 e. The molecule has 1 aromatic carbocycles. The molecule has 3 heterocycles. The number of benzene rings is 1. The first-order valence-corrected chi connectivity index (χ1v) is 7.74. The first kappa shape index (κ1) is 15.1. The van der Waals surface area contributed by atoms with Crippen LogP contribution >= 0.6 is 0 Å². The van der Waals surface area contributed by atoms with Crippen molar-refractivity contribution < 1.29 is 13.6 Å². The average Bonchev–Trinajstić information content (AvgIpc) is 3.32. The number of aromatic nitrogens is 2. The summed E-state index contributed by atoms with van der Waals surface area (Å²) < 4.78 is 11.0. The molecule has 0 fully saturated rings. The van der Waals surface area contributed by atoms with Gasteiger partial charge in [-0.25, -0.2) is 9.97 Å². The summed E-state index contributed by atoms with van der Waals surface area (Å²) in [6, 6.07) is 12.5. The lowest BCUT2D eigenvalue weighted by Crippen LogP contribution is -2.21. The largest absolute Gasteiger partial charge is 0.463 e. The van der Waals surface area contributed by atoms with Crippen LogP contribution < -0.4 is 0 Å². The molecule has 0 saturated carbocycles. The van der Waals surface area contributed by atoms with E-state index in [1.807, 2.05) is 12.1 Å². The number of furan rings is 2. The van der Waals surface area contributed by atoms with Crippen molar-refractivity contribution in [3.8, 4) is 22.9 Å². The Kier molecular flexibility index (Phi) is 3.57. The number of hydrogen-bond acceptors (Lipinski definition) is 5. The van der Waals surface area contributed by atoms with Crippen molar-refractivity contribution in [2.24, 2.45) is 0 Å². The number of carbonyl (C=O) groups is 1. The molecule has 1 amide bonds. The molecule has 4 rings (SSSR count). The minimum absolute atomic E-state index is 0.0849. The van der Waals surface area contributed by atoms with Gasteiger partial charge in [0.1, 0.15) is 11.4 Å². The van der Waals surface area contributed by atoms with Gasteiger partial charge in [-0.3, -0.25) is 4.79 Å². The van der Waals surface area contributed by atoms with E-state index in [0.717, 1.165) is 0 Å². The van der Waals surface area contributed by atoms with Crippen LogP contribution in [-0.4, -0.2) is 34.9 Å². The van der Waals surface area contributed by atoms with Crippen molar-refractivity contribution in [2.45, 2.75) is 0 Å². The van der Waals surface area contributed by atoms with Gasteiger partial charge in [0.2, 0.25) is 0 Å². The summed E-state index contributed by atoms with van der Waals surface area (Å²) >= 11 is 0. The van der Waals surface area contributed by atoms with Gasteiger partial charge >= 0.3 is 0 Å². The lowest BCUT2D eigenvalue weighted by atomic mass is 10.1. The lowest BCUT2D eigenvalue weighted by molar-refractivity contribution is 0.0827. The van der Waals surface area contributed by atoms with Crippen LogP contribution in [0.4, 0.5) is 0 Å². The number of carbonyl (C=O) groups excluding carboxylic acids is 1. The molecule has 25 heavy (non-hydrogen) atoms. The van der Waals surface area contributed by atoms with Crippen LogP contribution in [-0.2, 0) is 0 Å². The van der Waals surface area contributed by atoms with E-state index in [1.165, 1.54) is 4.90 Å². The molecular weight excluding hydrogens is 318 g/mol. The summed E-state index contributed by atoms with van der Waals surface area (Å²) in [6.07, 6.45) is 3.17. The Morgan fingerprint density at radius 1 is 0.880 bits per heavy atom. The SMILES string of the molecule is CN(C)C(=O)c1ccc2nc(-c3ccco3)c(-c3ccco3)nc2c1. The first-order valence-electron chi connectivity index (χ1n) is 7.74. The number of nitrogens with zero attached hydrogens (tertiary/aromatic N) is 3. The van der Waals surface area contributed by atoms with Crippen molar-refractivity contribution in [2.75, 3.05) is 14.1 Å². The van der Waals surface area contributed by atoms with Gasteiger partial charge in [0.05, 0.1) is 23.6 Å². The van der Waals surface area contributed by atoms with Crippen molar-refractivity contribution >= 4 is 16.9 Å². The average molecular weight is 333 g/mol. The third kappa shape index (κ3) is 2.67.